The van der Waals surface area contributed by atoms with Crippen LogP contribution in [0.3, 0.4) is 0 Å². The topological polar surface area (TPSA) is 51.2 Å². The Morgan fingerprint density at radius 3 is 2.76 bits per heavy atom. The molecule has 0 aliphatic carbocycles. The first-order chi connectivity index (χ1) is 9.95. The highest BCUT2D eigenvalue weighted by Crippen LogP contribution is 2.19. The summed E-state index contributed by atoms with van der Waals surface area (Å²) >= 11 is 5.73. The summed E-state index contributed by atoms with van der Waals surface area (Å²) in [5.41, 5.74) is 1.24. The predicted octanol–water partition coefficient (Wildman–Crippen LogP) is 3.90. The van der Waals surface area contributed by atoms with E-state index in [9.17, 15) is 13.6 Å². The van der Waals surface area contributed by atoms with Crippen LogP contribution in [0.5, 0.6) is 5.75 Å². The van der Waals surface area contributed by atoms with Crippen molar-refractivity contribution >= 4 is 23.2 Å². The van der Waals surface area contributed by atoms with Gasteiger partial charge in [0.15, 0.2) is 0 Å². The SMILES string of the molecule is Cc1nc(Cl)ccc1NC(=O)c1cccc(OC(F)F)c1. The van der Waals surface area contributed by atoms with Crippen molar-refractivity contribution in [2.75, 3.05) is 5.32 Å². The number of nitrogens with zero attached hydrogens (tertiary/aromatic N) is 1. The number of nitrogens with one attached hydrogen (secondary N) is 1. The zero-order chi connectivity index (χ0) is 15.4. The largest absolute Gasteiger partial charge is 0.435 e. The molecule has 0 fully saturated rings. The number of ether oxygens (including phenoxy) is 1. The van der Waals surface area contributed by atoms with Crippen molar-refractivity contribution < 1.29 is 18.3 Å². The highest BCUT2D eigenvalue weighted by Gasteiger charge is 2.11. The molecule has 7 heteroatoms. The van der Waals surface area contributed by atoms with E-state index in [0.717, 1.165) is 0 Å². The van der Waals surface area contributed by atoms with Gasteiger partial charge in [-0.2, -0.15) is 8.78 Å². The number of carbonyl (C=O) groups excluding carboxylic acids is 1. The molecule has 1 amide bonds. The molecule has 0 radical (unpaired) electrons. The van der Waals surface area contributed by atoms with Crippen molar-refractivity contribution in [3.8, 4) is 5.75 Å². The summed E-state index contributed by atoms with van der Waals surface area (Å²) in [7, 11) is 0. The number of anilines is 1. The number of rotatable bonds is 4. The molecule has 21 heavy (non-hydrogen) atoms. The number of amides is 1. The second-order valence-corrected chi connectivity index (χ2v) is 4.51. The summed E-state index contributed by atoms with van der Waals surface area (Å²) in [5, 5.41) is 2.95. The number of benzene rings is 1. The fourth-order valence-electron chi connectivity index (χ4n) is 1.67. The van der Waals surface area contributed by atoms with Crippen molar-refractivity contribution in [1.82, 2.24) is 4.98 Å². The minimum absolute atomic E-state index is 0.0800. The molecule has 4 nitrogen and oxygen atoms in total. The highest BCUT2D eigenvalue weighted by molar-refractivity contribution is 6.29. The summed E-state index contributed by atoms with van der Waals surface area (Å²) in [6, 6.07) is 8.69. The van der Waals surface area contributed by atoms with Crippen LogP contribution in [0, 0.1) is 6.92 Å². The second-order valence-electron chi connectivity index (χ2n) is 4.13. The lowest BCUT2D eigenvalue weighted by atomic mass is 10.2. The van der Waals surface area contributed by atoms with Crippen LogP contribution in [-0.4, -0.2) is 17.5 Å². The Morgan fingerprint density at radius 1 is 1.33 bits per heavy atom. The normalized spacial score (nSPS) is 10.5. The fourth-order valence-corrected chi connectivity index (χ4v) is 1.86. The molecule has 0 spiro atoms. The van der Waals surface area contributed by atoms with E-state index in [1.54, 1.807) is 19.1 Å². The van der Waals surface area contributed by atoms with E-state index >= 15 is 0 Å². The van der Waals surface area contributed by atoms with Crippen molar-refractivity contribution in [3.05, 3.63) is 52.8 Å². The molecule has 0 atom stereocenters. The number of aryl methyl sites for hydroxylation is 1. The Labute approximate surface area is 124 Å². The maximum absolute atomic E-state index is 12.1. The molecule has 0 aliphatic heterocycles. The summed E-state index contributed by atoms with van der Waals surface area (Å²) in [4.78, 5) is 16.1. The maximum Gasteiger partial charge on any atom is 0.387 e. The van der Waals surface area contributed by atoms with Gasteiger partial charge in [0, 0.05) is 5.56 Å². The molecule has 0 bridgehead atoms. The van der Waals surface area contributed by atoms with Crippen molar-refractivity contribution in [3.63, 3.8) is 0 Å². The highest BCUT2D eigenvalue weighted by atomic mass is 35.5. The van der Waals surface area contributed by atoms with Gasteiger partial charge in [-0.25, -0.2) is 4.98 Å². The third-order valence-corrected chi connectivity index (χ3v) is 2.83. The molecule has 1 heterocycles. The number of alkyl halides is 2. The molecule has 1 aromatic heterocycles. The van der Waals surface area contributed by atoms with Gasteiger partial charge in [0.1, 0.15) is 10.9 Å². The molecule has 2 aromatic rings. The quantitative estimate of drug-likeness (QED) is 0.871. The van der Waals surface area contributed by atoms with Gasteiger partial charge in [0.25, 0.3) is 5.91 Å². The Bertz CT molecular complexity index is 665. The molecule has 0 unspecified atom stereocenters. The monoisotopic (exact) mass is 312 g/mol. The number of aromatic nitrogens is 1. The molecule has 1 N–H and O–H groups in total. The lowest BCUT2D eigenvalue weighted by Crippen LogP contribution is -2.13. The Hall–Kier alpha value is -2.21. The molecule has 0 saturated heterocycles. The van der Waals surface area contributed by atoms with E-state index in [-0.39, 0.29) is 11.3 Å². The van der Waals surface area contributed by atoms with Gasteiger partial charge < -0.3 is 10.1 Å². The standard InChI is InChI=1S/C14H11ClF2N2O2/c1-8-11(5-6-12(15)18-8)19-13(20)9-3-2-4-10(7-9)21-14(16)17/h2-7,14H,1H3,(H,19,20). The number of hydrogen-bond donors (Lipinski definition) is 1. The van der Waals surface area contributed by atoms with Crippen LogP contribution in [-0.2, 0) is 0 Å². The average Bonchev–Trinajstić information content (AvgIpc) is 2.41. The summed E-state index contributed by atoms with van der Waals surface area (Å²) in [6.45, 7) is -1.25. The summed E-state index contributed by atoms with van der Waals surface area (Å²) in [6.07, 6.45) is 0. The predicted molar refractivity (Wildman–Crippen MR) is 75.0 cm³/mol. The third kappa shape index (κ3) is 4.13. The molecule has 1 aromatic carbocycles. The number of halogens is 3. The van der Waals surface area contributed by atoms with E-state index in [1.165, 1.54) is 24.3 Å². The van der Waals surface area contributed by atoms with Crippen molar-refractivity contribution in [2.45, 2.75) is 13.5 Å². The van der Waals surface area contributed by atoms with Crippen molar-refractivity contribution in [1.29, 1.82) is 0 Å². The van der Waals surface area contributed by atoms with Gasteiger partial charge in [-0.3, -0.25) is 4.79 Å². The van der Waals surface area contributed by atoms with E-state index in [0.29, 0.717) is 16.5 Å². The van der Waals surface area contributed by atoms with Gasteiger partial charge >= 0.3 is 6.61 Å². The zero-order valence-electron chi connectivity index (χ0n) is 10.9. The Balaban J connectivity index is 2.16. The van der Waals surface area contributed by atoms with Crippen LogP contribution in [0.2, 0.25) is 5.15 Å². The van der Waals surface area contributed by atoms with Crippen LogP contribution >= 0.6 is 11.6 Å². The molecule has 2 rings (SSSR count). The molecule has 0 saturated carbocycles. The molecule has 0 aliphatic rings. The van der Waals surface area contributed by atoms with Gasteiger partial charge in [-0.1, -0.05) is 17.7 Å². The van der Waals surface area contributed by atoms with Crippen LogP contribution in [0.15, 0.2) is 36.4 Å². The fraction of sp³-hybridized carbons (Fsp3) is 0.143. The third-order valence-electron chi connectivity index (χ3n) is 2.62. The van der Waals surface area contributed by atoms with Gasteiger partial charge in [-0.15, -0.1) is 0 Å². The van der Waals surface area contributed by atoms with E-state index < -0.39 is 12.5 Å². The smallest absolute Gasteiger partial charge is 0.387 e. The van der Waals surface area contributed by atoms with E-state index in [4.69, 9.17) is 11.6 Å². The summed E-state index contributed by atoms with van der Waals surface area (Å²) in [5.74, 6) is -0.537. The van der Waals surface area contributed by atoms with Crippen LogP contribution in [0.1, 0.15) is 16.1 Å². The number of hydrogen-bond acceptors (Lipinski definition) is 3. The first kappa shape index (κ1) is 15.2. The average molecular weight is 313 g/mol. The van der Waals surface area contributed by atoms with E-state index in [2.05, 4.69) is 15.0 Å². The maximum atomic E-state index is 12.1. The summed E-state index contributed by atoms with van der Waals surface area (Å²) < 4.78 is 28.5. The van der Waals surface area contributed by atoms with Crippen LogP contribution in [0.25, 0.3) is 0 Å². The van der Waals surface area contributed by atoms with E-state index in [1.807, 2.05) is 0 Å². The lowest BCUT2D eigenvalue weighted by Gasteiger charge is -2.09. The van der Waals surface area contributed by atoms with Crippen LogP contribution in [0.4, 0.5) is 14.5 Å². The number of carbonyl (C=O) groups is 1. The molecule has 110 valence electrons. The molecular formula is C14H11ClF2N2O2. The first-order valence-corrected chi connectivity index (χ1v) is 6.33. The number of pyridine rings is 1. The van der Waals surface area contributed by atoms with Crippen molar-refractivity contribution in [2.24, 2.45) is 0 Å². The Kier molecular flexibility index (Phi) is 4.70. The second kappa shape index (κ2) is 6.49. The minimum Gasteiger partial charge on any atom is -0.435 e. The molecular weight excluding hydrogens is 302 g/mol. The van der Waals surface area contributed by atoms with Gasteiger partial charge in [0.05, 0.1) is 11.4 Å². The van der Waals surface area contributed by atoms with Crippen LogP contribution < -0.4 is 10.1 Å². The van der Waals surface area contributed by atoms with Gasteiger partial charge in [0.2, 0.25) is 0 Å². The van der Waals surface area contributed by atoms with Gasteiger partial charge in [-0.05, 0) is 37.3 Å². The first-order valence-electron chi connectivity index (χ1n) is 5.95. The minimum atomic E-state index is -2.94. The zero-order valence-corrected chi connectivity index (χ0v) is 11.7. The Morgan fingerprint density at radius 2 is 2.10 bits per heavy atom. The lowest BCUT2D eigenvalue weighted by molar-refractivity contribution is -0.0498.